The molecule has 1 saturated heterocycles. The van der Waals surface area contributed by atoms with Gasteiger partial charge in [-0.2, -0.15) is 0 Å². The second kappa shape index (κ2) is 5.94. The van der Waals surface area contributed by atoms with Crippen LogP contribution >= 0.6 is 11.9 Å². The van der Waals surface area contributed by atoms with Crippen molar-refractivity contribution in [1.29, 1.82) is 0 Å². The van der Waals surface area contributed by atoms with E-state index in [9.17, 15) is 19.2 Å². The van der Waals surface area contributed by atoms with Crippen LogP contribution in [0.3, 0.4) is 0 Å². The molecule has 100 valence electrons. The van der Waals surface area contributed by atoms with E-state index in [4.69, 9.17) is 5.73 Å². The van der Waals surface area contributed by atoms with E-state index < -0.39 is 29.0 Å². The number of hydrogen-bond donors (Lipinski definition) is 3. The molecule has 4 N–H and O–H groups in total. The van der Waals surface area contributed by atoms with Gasteiger partial charge in [0.1, 0.15) is 11.4 Å². The van der Waals surface area contributed by atoms with Crippen molar-refractivity contribution in [3.8, 4) is 0 Å². The fourth-order valence-electron chi connectivity index (χ4n) is 1.49. The third-order valence-electron chi connectivity index (χ3n) is 2.35. The summed E-state index contributed by atoms with van der Waals surface area (Å²) in [7, 11) is 3.02. The smallest absolute Gasteiger partial charge is 0.288 e. The minimum atomic E-state index is -1.06. The number of primary amides is 1. The Balaban J connectivity index is 2.65. The SMILES string of the molecule is CNC(C(=O)C(N)=O)N(C)SC1CC(=O)NC1=O. The Labute approximate surface area is 108 Å². The summed E-state index contributed by atoms with van der Waals surface area (Å²) < 4.78 is 1.40. The number of hydrogen-bond acceptors (Lipinski definition) is 7. The van der Waals surface area contributed by atoms with Gasteiger partial charge in [-0.3, -0.25) is 29.8 Å². The van der Waals surface area contributed by atoms with E-state index in [1.54, 1.807) is 0 Å². The van der Waals surface area contributed by atoms with Gasteiger partial charge in [-0.25, -0.2) is 4.31 Å². The predicted octanol–water partition coefficient (Wildman–Crippen LogP) is -2.42. The van der Waals surface area contributed by atoms with Gasteiger partial charge in [-0.15, -0.1) is 0 Å². The Morgan fingerprint density at radius 3 is 2.56 bits per heavy atom. The van der Waals surface area contributed by atoms with Crippen molar-refractivity contribution in [3.63, 3.8) is 0 Å². The van der Waals surface area contributed by atoms with Gasteiger partial charge in [0.2, 0.25) is 11.8 Å². The first-order chi connectivity index (χ1) is 8.36. The molecule has 0 saturated carbocycles. The zero-order valence-electron chi connectivity index (χ0n) is 9.93. The zero-order chi connectivity index (χ0) is 13.9. The Morgan fingerprint density at radius 1 is 1.56 bits per heavy atom. The molecular formula is C9H14N4O4S. The monoisotopic (exact) mass is 274 g/mol. The largest absolute Gasteiger partial charge is 0.363 e. The molecule has 18 heavy (non-hydrogen) atoms. The van der Waals surface area contributed by atoms with Gasteiger partial charge in [0.25, 0.3) is 11.7 Å². The highest BCUT2D eigenvalue weighted by Crippen LogP contribution is 2.23. The number of imide groups is 1. The maximum Gasteiger partial charge on any atom is 0.288 e. The third-order valence-corrected chi connectivity index (χ3v) is 3.53. The van der Waals surface area contributed by atoms with E-state index in [2.05, 4.69) is 10.6 Å². The lowest BCUT2D eigenvalue weighted by Gasteiger charge is -2.25. The number of likely N-dealkylation sites (N-methyl/N-ethyl adjacent to an activating group) is 2. The molecule has 9 heteroatoms. The van der Waals surface area contributed by atoms with Crippen LogP contribution in [-0.2, 0) is 19.2 Å². The summed E-state index contributed by atoms with van der Waals surface area (Å²) in [6.07, 6.45) is -0.884. The van der Waals surface area contributed by atoms with Crippen LogP contribution in [0, 0.1) is 0 Å². The fourth-order valence-corrected chi connectivity index (χ4v) is 2.59. The maximum absolute atomic E-state index is 11.5. The molecule has 0 aromatic heterocycles. The molecule has 0 radical (unpaired) electrons. The normalized spacial score (nSPS) is 20.9. The lowest BCUT2D eigenvalue weighted by Crippen LogP contribution is -2.50. The molecule has 1 aliphatic heterocycles. The van der Waals surface area contributed by atoms with E-state index >= 15 is 0 Å². The molecule has 3 amide bonds. The number of nitrogens with zero attached hydrogens (tertiary/aromatic N) is 1. The van der Waals surface area contributed by atoms with Gasteiger partial charge in [0.05, 0.1) is 0 Å². The lowest BCUT2D eigenvalue weighted by molar-refractivity contribution is -0.138. The Morgan fingerprint density at radius 2 is 2.17 bits per heavy atom. The molecule has 1 heterocycles. The maximum atomic E-state index is 11.5. The molecule has 2 atom stereocenters. The van der Waals surface area contributed by atoms with E-state index in [1.165, 1.54) is 18.4 Å². The predicted molar refractivity (Wildman–Crippen MR) is 64.0 cm³/mol. The van der Waals surface area contributed by atoms with Crippen molar-refractivity contribution in [2.45, 2.75) is 17.8 Å². The van der Waals surface area contributed by atoms with Gasteiger partial charge >= 0.3 is 0 Å². The number of ketones is 1. The van der Waals surface area contributed by atoms with Gasteiger partial charge < -0.3 is 5.73 Å². The quantitative estimate of drug-likeness (QED) is 0.213. The minimum Gasteiger partial charge on any atom is -0.363 e. The van der Waals surface area contributed by atoms with Crippen LogP contribution in [0.4, 0.5) is 0 Å². The van der Waals surface area contributed by atoms with Crippen LogP contribution < -0.4 is 16.4 Å². The number of carbonyl (C=O) groups excluding carboxylic acids is 4. The number of carbonyl (C=O) groups is 4. The highest BCUT2D eigenvalue weighted by atomic mass is 32.2. The second-order valence-electron chi connectivity index (χ2n) is 3.68. The fraction of sp³-hybridized carbons (Fsp3) is 0.556. The molecule has 1 aliphatic rings. The minimum absolute atomic E-state index is 0.0506. The van der Waals surface area contributed by atoms with Crippen molar-refractivity contribution < 1.29 is 19.2 Å². The molecule has 0 aromatic carbocycles. The Bertz CT molecular complexity index is 400. The summed E-state index contributed by atoms with van der Waals surface area (Å²) in [4.78, 5) is 44.7. The number of rotatable bonds is 6. The van der Waals surface area contributed by atoms with Crippen LogP contribution in [0.25, 0.3) is 0 Å². The number of Topliss-reactive ketones (excluding diaryl/α,β-unsaturated/α-hetero) is 1. The highest BCUT2D eigenvalue weighted by Gasteiger charge is 2.35. The molecule has 8 nitrogen and oxygen atoms in total. The van der Waals surface area contributed by atoms with Crippen molar-refractivity contribution >= 4 is 35.5 Å². The van der Waals surface area contributed by atoms with Crippen LogP contribution in [-0.4, -0.2) is 53.3 Å². The molecule has 0 bridgehead atoms. The molecule has 1 fully saturated rings. The van der Waals surface area contributed by atoms with Crippen LogP contribution in [0.1, 0.15) is 6.42 Å². The van der Waals surface area contributed by atoms with Gasteiger partial charge in [0.15, 0.2) is 0 Å². The Kier molecular flexibility index (Phi) is 4.82. The van der Waals surface area contributed by atoms with Crippen LogP contribution in [0.5, 0.6) is 0 Å². The van der Waals surface area contributed by atoms with Crippen molar-refractivity contribution in [3.05, 3.63) is 0 Å². The summed E-state index contributed by atoms with van der Waals surface area (Å²) in [6.45, 7) is 0. The summed E-state index contributed by atoms with van der Waals surface area (Å²) in [5.74, 6) is -2.63. The van der Waals surface area contributed by atoms with Gasteiger partial charge in [-0.1, -0.05) is 11.9 Å². The first-order valence-corrected chi connectivity index (χ1v) is 5.94. The van der Waals surface area contributed by atoms with E-state index in [-0.39, 0.29) is 12.3 Å². The third kappa shape index (κ3) is 3.28. The van der Waals surface area contributed by atoms with E-state index in [1.807, 2.05) is 0 Å². The number of amides is 3. The highest BCUT2D eigenvalue weighted by molar-refractivity contribution is 7.98. The molecule has 0 aromatic rings. The zero-order valence-corrected chi connectivity index (χ0v) is 10.7. The molecular weight excluding hydrogens is 260 g/mol. The van der Waals surface area contributed by atoms with Gasteiger partial charge in [-0.05, 0) is 14.1 Å². The summed E-state index contributed by atoms with van der Waals surface area (Å²) in [5, 5.41) is 4.18. The van der Waals surface area contributed by atoms with E-state index in [0.29, 0.717) is 0 Å². The average Bonchev–Trinajstić information content (AvgIpc) is 2.58. The summed E-state index contributed by atoms with van der Waals surface area (Å²) in [6, 6.07) is 0. The standard InChI is InChI=1S/C9H14N4O4S/c1-11-8(6(15)7(10)16)13(2)18-4-3-5(14)12-9(4)17/h4,8,11H,3H2,1-2H3,(H2,10,16)(H,12,14,17). The average molecular weight is 274 g/mol. The second-order valence-corrected chi connectivity index (χ2v) is 5.03. The van der Waals surface area contributed by atoms with Crippen molar-refractivity contribution in [1.82, 2.24) is 14.9 Å². The first-order valence-electron chi connectivity index (χ1n) is 5.11. The van der Waals surface area contributed by atoms with Crippen LogP contribution in [0.15, 0.2) is 0 Å². The number of nitrogens with one attached hydrogen (secondary N) is 2. The summed E-state index contributed by atoms with van der Waals surface area (Å²) >= 11 is 1.01. The first kappa shape index (κ1) is 14.6. The van der Waals surface area contributed by atoms with E-state index in [0.717, 1.165) is 11.9 Å². The van der Waals surface area contributed by atoms with Crippen LogP contribution in [0.2, 0.25) is 0 Å². The van der Waals surface area contributed by atoms with Crippen molar-refractivity contribution in [2.75, 3.05) is 14.1 Å². The molecule has 1 rings (SSSR count). The topological polar surface area (TPSA) is 122 Å². The number of nitrogens with two attached hydrogens (primary N) is 1. The van der Waals surface area contributed by atoms with Crippen molar-refractivity contribution in [2.24, 2.45) is 5.73 Å². The molecule has 0 aliphatic carbocycles. The van der Waals surface area contributed by atoms with Gasteiger partial charge in [0, 0.05) is 6.42 Å². The Hall–Kier alpha value is -1.45. The lowest BCUT2D eigenvalue weighted by atomic mass is 10.3. The molecule has 2 unspecified atom stereocenters. The molecule has 0 spiro atoms. The summed E-state index contributed by atoms with van der Waals surface area (Å²) in [5.41, 5.74) is 4.91.